The summed E-state index contributed by atoms with van der Waals surface area (Å²) >= 11 is 9.17. The van der Waals surface area contributed by atoms with E-state index in [9.17, 15) is 0 Å². The first-order valence-electron chi connectivity index (χ1n) is 4.20. The predicted octanol–water partition coefficient (Wildman–Crippen LogP) is 3.04. The maximum Gasteiger partial charge on any atom is 0.0946 e. The summed E-state index contributed by atoms with van der Waals surface area (Å²) in [6.45, 7) is 4.06. The molecule has 4 heteroatoms. The fraction of sp³-hybridized carbons (Fsp3) is 0.400. The van der Waals surface area contributed by atoms with Crippen LogP contribution in [-0.4, -0.2) is 15.9 Å². The summed E-state index contributed by atoms with van der Waals surface area (Å²) in [6, 6.07) is 0. The van der Waals surface area contributed by atoms with Crippen molar-refractivity contribution in [3.05, 3.63) is 23.9 Å². The molecule has 1 aliphatic carbocycles. The van der Waals surface area contributed by atoms with Crippen LogP contribution < -0.4 is 0 Å². The third-order valence-electron chi connectivity index (χ3n) is 2.38. The number of allylic oxidation sites excluding steroid dienone is 1. The molecule has 0 N–H and O–H groups in total. The van der Waals surface area contributed by atoms with Crippen molar-refractivity contribution in [1.29, 1.82) is 0 Å². The minimum absolute atomic E-state index is 0.280. The average Bonchev–Trinajstić information content (AvgIpc) is 2.12. The Labute approximate surface area is 94.1 Å². The topological polar surface area (TPSA) is 24.7 Å². The van der Waals surface area contributed by atoms with E-state index in [4.69, 9.17) is 0 Å². The Balaban J connectivity index is 3.13. The van der Waals surface area contributed by atoms with E-state index < -0.39 is 0 Å². The molecular formula is C10H10N2S2. The average molecular weight is 222 g/mol. The molecule has 0 radical (unpaired) electrons. The molecule has 0 aromatic carbocycles. The Morgan fingerprint density at radius 2 is 2.14 bits per heavy atom. The van der Waals surface area contributed by atoms with Gasteiger partial charge in [-0.25, -0.2) is 4.99 Å². The molecule has 2 atom stereocenters. The first kappa shape index (κ1) is 11.2. The van der Waals surface area contributed by atoms with Gasteiger partial charge in [-0.1, -0.05) is 13.0 Å². The predicted molar refractivity (Wildman–Crippen MR) is 64.8 cm³/mol. The van der Waals surface area contributed by atoms with Crippen LogP contribution in [0.1, 0.15) is 13.8 Å². The van der Waals surface area contributed by atoms with Crippen LogP contribution in [0.3, 0.4) is 0 Å². The number of aliphatic imine (C=N–C) groups is 2. The second kappa shape index (κ2) is 4.54. The van der Waals surface area contributed by atoms with Crippen LogP contribution >= 0.6 is 24.4 Å². The molecule has 0 bridgehead atoms. The van der Waals surface area contributed by atoms with Gasteiger partial charge in [0.05, 0.1) is 21.6 Å². The lowest BCUT2D eigenvalue weighted by Gasteiger charge is -2.28. The molecule has 2 unspecified atom stereocenters. The minimum Gasteiger partial charge on any atom is -0.221 e. The third-order valence-corrected chi connectivity index (χ3v) is 2.56. The van der Waals surface area contributed by atoms with E-state index in [1.54, 1.807) is 0 Å². The van der Waals surface area contributed by atoms with E-state index in [0.717, 1.165) is 5.70 Å². The maximum absolute atomic E-state index is 4.62. The molecule has 0 amide bonds. The van der Waals surface area contributed by atoms with Crippen molar-refractivity contribution in [1.82, 2.24) is 0 Å². The monoisotopic (exact) mass is 222 g/mol. The Bertz CT molecular complexity index is 385. The molecule has 1 aliphatic rings. The molecule has 0 saturated heterocycles. The zero-order valence-electron chi connectivity index (χ0n) is 8.02. The van der Waals surface area contributed by atoms with Gasteiger partial charge in [-0.3, -0.25) is 0 Å². The lowest BCUT2D eigenvalue weighted by molar-refractivity contribution is 0.458. The van der Waals surface area contributed by atoms with Crippen molar-refractivity contribution in [3.8, 4) is 0 Å². The molecule has 0 spiro atoms. The van der Waals surface area contributed by atoms with Gasteiger partial charge in [0.25, 0.3) is 0 Å². The highest BCUT2D eigenvalue weighted by molar-refractivity contribution is 7.78. The zero-order valence-corrected chi connectivity index (χ0v) is 9.65. The minimum atomic E-state index is -0.360. The summed E-state index contributed by atoms with van der Waals surface area (Å²) in [7, 11) is 0. The highest BCUT2D eigenvalue weighted by Gasteiger charge is 2.29. The number of rotatable bonds is 2. The van der Waals surface area contributed by atoms with Gasteiger partial charge < -0.3 is 0 Å². The number of thiocarbonyl (C=S) groups is 2. The fourth-order valence-electron chi connectivity index (χ4n) is 1.27. The van der Waals surface area contributed by atoms with Crippen LogP contribution in [0.5, 0.6) is 0 Å². The van der Waals surface area contributed by atoms with E-state index >= 15 is 0 Å². The third kappa shape index (κ3) is 2.31. The van der Waals surface area contributed by atoms with E-state index in [0.29, 0.717) is 0 Å². The Morgan fingerprint density at radius 1 is 1.43 bits per heavy atom. The summed E-state index contributed by atoms with van der Waals surface area (Å²) in [4.78, 5) is 8.06. The molecule has 72 valence electrons. The summed E-state index contributed by atoms with van der Waals surface area (Å²) in [5, 5.41) is 4.75. The van der Waals surface area contributed by atoms with Gasteiger partial charge in [-0.2, -0.15) is 4.99 Å². The normalized spacial score (nSPS) is 29.9. The van der Waals surface area contributed by atoms with Crippen LogP contribution in [0.4, 0.5) is 0 Å². The molecule has 0 fully saturated rings. The first-order chi connectivity index (χ1) is 6.62. The van der Waals surface area contributed by atoms with E-state index in [2.05, 4.69) is 51.7 Å². The van der Waals surface area contributed by atoms with Gasteiger partial charge in [-0.05, 0) is 43.5 Å². The number of hydrogen-bond acceptors (Lipinski definition) is 4. The Hall–Kier alpha value is -0.920. The standard InChI is InChI=1S/C10H10N2S2/c1-8-3-4-9(11-6-13)5-10(8,2)12-7-14/h3-5,8H,1-2H3. The lowest BCUT2D eigenvalue weighted by atomic mass is 9.83. The maximum atomic E-state index is 4.62. The molecule has 0 aliphatic heterocycles. The molecule has 0 aromatic rings. The highest BCUT2D eigenvalue weighted by atomic mass is 32.1. The number of hydrogen-bond donors (Lipinski definition) is 0. The summed E-state index contributed by atoms with van der Waals surface area (Å²) < 4.78 is 0. The van der Waals surface area contributed by atoms with Crippen LogP contribution in [0.25, 0.3) is 0 Å². The number of nitrogens with zero attached hydrogens (tertiary/aromatic N) is 2. The lowest BCUT2D eigenvalue weighted by Crippen LogP contribution is -2.29. The quantitative estimate of drug-likeness (QED) is 0.530. The number of isothiocyanates is 2. The van der Waals surface area contributed by atoms with Gasteiger partial charge >= 0.3 is 0 Å². The molecule has 1 rings (SSSR count). The van der Waals surface area contributed by atoms with Crippen molar-refractivity contribution >= 4 is 34.8 Å². The van der Waals surface area contributed by atoms with Crippen molar-refractivity contribution < 1.29 is 0 Å². The molecule has 0 saturated carbocycles. The largest absolute Gasteiger partial charge is 0.221 e. The molecular weight excluding hydrogens is 212 g/mol. The van der Waals surface area contributed by atoms with Gasteiger partial charge in [-0.15, -0.1) is 0 Å². The summed E-state index contributed by atoms with van der Waals surface area (Å²) in [6.07, 6.45) is 5.86. The van der Waals surface area contributed by atoms with E-state index in [-0.39, 0.29) is 11.5 Å². The first-order valence-corrected chi connectivity index (χ1v) is 5.02. The molecule has 0 heterocycles. The van der Waals surface area contributed by atoms with Crippen molar-refractivity contribution in [2.75, 3.05) is 0 Å². The van der Waals surface area contributed by atoms with Crippen LogP contribution in [0, 0.1) is 5.92 Å². The van der Waals surface area contributed by atoms with Gasteiger partial charge in [0, 0.05) is 5.92 Å². The summed E-state index contributed by atoms with van der Waals surface area (Å²) in [5.41, 5.74) is 0.413. The van der Waals surface area contributed by atoms with Crippen LogP contribution in [0.15, 0.2) is 33.9 Å². The van der Waals surface area contributed by atoms with Crippen molar-refractivity contribution in [2.45, 2.75) is 19.4 Å². The van der Waals surface area contributed by atoms with Crippen molar-refractivity contribution in [2.24, 2.45) is 15.9 Å². The van der Waals surface area contributed by atoms with E-state index in [1.807, 2.05) is 25.2 Å². The molecule has 2 nitrogen and oxygen atoms in total. The highest BCUT2D eigenvalue weighted by Crippen LogP contribution is 2.30. The smallest absolute Gasteiger partial charge is 0.0946 e. The van der Waals surface area contributed by atoms with Gasteiger partial charge in [0.2, 0.25) is 0 Å². The van der Waals surface area contributed by atoms with Gasteiger partial charge in [0.1, 0.15) is 0 Å². The zero-order chi connectivity index (χ0) is 10.6. The van der Waals surface area contributed by atoms with Crippen molar-refractivity contribution in [3.63, 3.8) is 0 Å². The van der Waals surface area contributed by atoms with Crippen LogP contribution in [0.2, 0.25) is 0 Å². The Kier molecular flexibility index (Phi) is 3.62. The SMILES string of the molecule is CC1C=CC(N=C=S)=CC1(C)N=C=S. The van der Waals surface area contributed by atoms with Crippen LogP contribution in [-0.2, 0) is 0 Å². The summed E-state index contributed by atoms with van der Waals surface area (Å²) in [5.74, 6) is 0.280. The second-order valence-corrected chi connectivity index (χ2v) is 3.71. The second-order valence-electron chi connectivity index (χ2n) is 3.35. The fourth-order valence-corrected chi connectivity index (χ4v) is 1.57. The van der Waals surface area contributed by atoms with E-state index in [1.165, 1.54) is 0 Å². The Morgan fingerprint density at radius 3 is 2.71 bits per heavy atom. The molecule has 0 aromatic heterocycles. The van der Waals surface area contributed by atoms with Gasteiger partial charge in [0.15, 0.2) is 0 Å². The molecule has 14 heavy (non-hydrogen) atoms.